The molecular formula is C26H29ClFNO. The standard InChI is InChI=1S/C26H29ClFNO/c27-24-13-8-14-25(28)23(24)18-30-26-16-15-19-9-6-7-12-21(19)22(26)17-29-20-10-4-2-1-3-5-11-20/h6-9,12-16,20,29H,1-5,10-11,17-18H2. The molecule has 4 rings (SSSR count). The van der Waals surface area contributed by atoms with E-state index in [0.717, 1.165) is 17.9 Å². The fourth-order valence-corrected chi connectivity index (χ4v) is 4.58. The summed E-state index contributed by atoms with van der Waals surface area (Å²) in [6.07, 6.45) is 9.09. The molecule has 1 aliphatic carbocycles. The summed E-state index contributed by atoms with van der Waals surface area (Å²) in [5, 5.41) is 6.53. The van der Waals surface area contributed by atoms with E-state index in [2.05, 4.69) is 29.6 Å². The van der Waals surface area contributed by atoms with Crippen molar-refractivity contribution in [2.75, 3.05) is 0 Å². The minimum Gasteiger partial charge on any atom is -0.488 e. The Hall–Kier alpha value is -2.10. The number of rotatable bonds is 6. The summed E-state index contributed by atoms with van der Waals surface area (Å²) < 4.78 is 20.3. The Morgan fingerprint density at radius 3 is 2.43 bits per heavy atom. The molecule has 30 heavy (non-hydrogen) atoms. The fourth-order valence-electron chi connectivity index (χ4n) is 4.36. The predicted octanol–water partition coefficient (Wildman–Crippen LogP) is 7.41. The SMILES string of the molecule is Fc1cccc(Cl)c1COc1ccc2ccccc2c1CNC1CCCCCCC1. The maximum absolute atomic E-state index is 14.2. The zero-order valence-corrected chi connectivity index (χ0v) is 18.1. The second kappa shape index (κ2) is 10.3. The third-order valence-electron chi connectivity index (χ3n) is 6.10. The van der Waals surface area contributed by atoms with Crippen LogP contribution >= 0.6 is 11.6 Å². The van der Waals surface area contributed by atoms with Crippen molar-refractivity contribution in [2.45, 2.75) is 64.1 Å². The van der Waals surface area contributed by atoms with Gasteiger partial charge in [-0.2, -0.15) is 0 Å². The van der Waals surface area contributed by atoms with Crippen molar-refractivity contribution >= 4 is 22.4 Å². The van der Waals surface area contributed by atoms with E-state index in [-0.39, 0.29) is 12.4 Å². The molecule has 0 spiro atoms. The van der Waals surface area contributed by atoms with Crippen LogP contribution in [-0.2, 0) is 13.2 Å². The minimum atomic E-state index is -0.336. The summed E-state index contributed by atoms with van der Waals surface area (Å²) in [7, 11) is 0. The van der Waals surface area contributed by atoms with Crippen molar-refractivity contribution in [2.24, 2.45) is 0 Å². The van der Waals surface area contributed by atoms with Gasteiger partial charge in [-0.15, -0.1) is 0 Å². The number of benzene rings is 3. The lowest BCUT2D eigenvalue weighted by molar-refractivity contribution is 0.295. The first-order valence-corrected chi connectivity index (χ1v) is 11.4. The molecule has 0 aliphatic heterocycles. The second-order valence-electron chi connectivity index (χ2n) is 8.18. The number of fused-ring (bicyclic) bond motifs is 1. The summed E-state index contributed by atoms with van der Waals surface area (Å²) in [5.41, 5.74) is 1.52. The molecule has 0 atom stereocenters. The Morgan fingerprint density at radius 2 is 1.63 bits per heavy atom. The van der Waals surface area contributed by atoms with Gasteiger partial charge in [0.1, 0.15) is 18.2 Å². The Kier molecular flexibility index (Phi) is 7.24. The number of nitrogens with one attached hydrogen (secondary N) is 1. The first-order chi connectivity index (χ1) is 14.7. The minimum absolute atomic E-state index is 0.111. The van der Waals surface area contributed by atoms with Gasteiger partial charge in [0.25, 0.3) is 0 Å². The molecule has 0 unspecified atom stereocenters. The molecule has 2 nitrogen and oxygen atoms in total. The number of ether oxygens (including phenoxy) is 1. The van der Waals surface area contributed by atoms with Crippen molar-refractivity contribution < 1.29 is 9.13 Å². The van der Waals surface area contributed by atoms with Crippen LogP contribution in [-0.4, -0.2) is 6.04 Å². The van der Waals surface area contributed by atoms with Gasteiger partial charge in [-0.25, -0.2) is 4.39 Å². The van der Waals surface area contributed by atoms with Crippen molar-refractivity contribution in [1.82, 2.24) is 5.32 Å². The monoisotopic (exact) mass is 425 g/mol. The van der Waals surface area contributed by atoms with Crippen LogP contribution in [0.1, 0.15) is 56.1 Å². The first-order valence-electron chi connectivity index (χ1n) is 11.0. The molecule has 158 valence electrons. The average Bonchev–Trinajstić information content (AvgIpc) is 2.73. The van der Waals surface area contributed by atoms with Gasteiger partial charge in [-0.05, 0) is 41.8 Å². The van der Waals surface area contributed by atoms with Gasteiger partial charge < -0.3 is 10.1 Å². The average molecular weight is 426 g/mol. The quantitative estimate of drug-likeness (QED) is 0.443. The van der Waals surface area contributed by atoms with Crippen molar-refractivity contribution in [3.05, 3.63) is 76.6 Å². The fraction of sp³-hybridized carbons (Fsp3) is 0.385. The Labute approximate surface area is 183 Å². The molecule has 1 fully saturated rings. The molecule has 3 aromatic carbocycles. The highest BCUT2D eigenvalue weighted by Gasteiger charge is 2.15. The van der Waals surface area contributed by atoms with Crippen LogP contribution in [0.25, 0.3) is 10.8 Å². The Balaban J connectivity index is 1.56. The van der Waals surface area contributed by atoms with E-state index in [0.29, 0.717) is 16.6 Å². The van der Waals surface area contributed by atoms with Gasteiger partial charge >= 0.3 is 0 Å². The second-order valence-corrected chi connectivity index (χ2v) is 8.58. The molecule has 0 aromatic heterocycles. The van der Waals surface area contributed by atoms with Crippen LogP contribution in [0.15, 0.2) is 54.6 Å². The van der Waals surface area contributed by atoms with Crippen LogP contribution in [0.4, 0.5) is 4.39 Å². The van der Waals surface area contributed by atoms with Crippen molar-refractivity contribution in [1.29, 1.82) is 0 Å². The molecule has 0 heterocycles. The zero-order valence-electron chi connectivity index (χ0n) is 17.3. The molecule has 1 N–H and O–H groups in total. The molecule has 4 heteroatoms. The molecule has 0 amide bonds. The van der Waals surface area contributed by atoms with E-state index in [9.17, 15) is 4.39 Å². The lowest BCUT2D eigenvalue weighted by atomic mass is 9.96. The van der Waals surface area contributed by atoms with Crippen LogP contribution in [0, 0.1) is 5.82 Å². The lowest BCUT2D eigenvalue weighted by Crippen LogP contribution is -2.29. The highest BCUT2D eigenvalue weighted by atomic mass is 35.5. The molecule has 3 aromatic rings. The van der Waals surface area contributed by atoms with Crippen molar-refractivity contribution in [3.8, 4) is 5.75 Å². The lowest BCUT2D eigenvalue weighted by Gasteiger charge is -2.22. The van der Waals surface area contributed by atoms with Crippen molar-refractivity contribution in [3.63, 3.8) is 0 Å². The van der Waals surface area contributed by atoms with E-state index in [1.54, 1.807) is 12.1 Å². The van der Waals surface area contributed by atoms with Crippen LogP contribution in [0.5, 0.6) is 5.75 Å². The molecule has 1 saturated carbocycles. The molecule has 0 bridgehead atoms. The predicted molar refractivity (Wildman–Crippen MR) is 123 cm³/mol. The normalized spacial score (nSPS) is 15.7. The summed E-state index contributed by atoms with van der Waals surface area (Å²) >= 11 is 6.19. The van der Waals surface area contributed by atoms with Crippen LogP contribution < -0.4 is 10.1 Å². The summed E-state index contributed by atoms with van der Waals surface area (Å²) in [4.78, 5) is 0. The smallest absolute Gasteiger partial charge is 0.131 e. The third-order valence-corrected chi connectivity index (χ3v) is 6.46. The Bertz CT molecular complexity index is 962. The molecular weight excluding hydrogens is 397 g/mol. The number of hydrogen-bond donors (Lipinski definition) is 1. The number of hydrogen-bond acceptors (Lipinski definition) is 2. The van der Waals surface area contributed by atoms with Gasteiger partial charge in [0.05, 0.1) is 5.02 Å². The first kappa shape index (κ1) is 21.1. The van der Waals surface area contributed by atoms with Gasteiger partial charge in [0.15, 0.2) is 0 Å². The van der Waals surface area contributed by atoms with Gasteiger partial charge in [-0.1, -0.05) is 80.1 Å². The van der Waals surface area contributed by atoms with Gasteiger partial charge in [0, 0.05) is 23.7 Å². The third kappa shape index (κ3) is 5.14. The maximum atomic E-state index is 14.2. The van der Waals surface area contributed by atoms with E-state index in [4.69, 9.17) is 16.3 Å². The molecule has 0 saturated heterocycles. The summed E-state index contributed by atoms with van der Waals surface area (Å²) in [6, 6.07) is 17.7. The highest BCUT2D eigenvalue weighted by molar-refractivity contribution is 6.31. The van der Waals surface area contributed by atoms with E-state index in [1.165, 1.54) is 61.8 Å². The largest absolute Gasteiger partial charge is 0.488 e. The maximum Gasteiger partial charge on any atom is 0.131 e. The highest BCUT2D eigenvalue weighted by Crippen LogP contribution is 2.30. The van der Waals surface area contributed by atoms with E-state index in [1.807, 2.05) is 12.1 Å². The number of halogens is 2. The van der Waals surface area contributed by atoms with E-state index < -0.39 is 0 Å². The van der Waals surface area contributed by atoms with Gasteiger partial charge in [-0.3, -0.25) is 0 Å². The van der Waals surface area contributed by atoms with Gasteiger partial charge in [0.2, 0.25) is 0 Å². The topological polar surface area (TPSA) is 21.3 Å². The Morgan fingerprint density at radius 1 is 0.867 bits per heavy atom. The molecule has 1 aliphatic rings. The summed E-state index contributed by atoms with van der Waals surface area (Å²) in [5.74, 6) is 0.448. The van der Waals surface area contributed by atoms with Crippen LogP contribution in [0.2, 0.25) is 5.02 Å². The van der Waals surface area contributed by atoms with E-state index >= 15 is 0 Å². The molecule has 0 radical (unpaired) electrons. The summed E-state index contributed by atoms with van der Waals surface area (Å²) in [6.45, 7) is 0.854. The van der Waals surface area contributed by atoms with Crippen LogP contribution in [0.3, 0.4) is 0 Å². The zero-order chi connectivity index (χ0) is 20.8.